The molecule has 0 saturated carbocycles. The fourth-order valence-corrected chi connectivity index (χ4v) is 3.39. The molecule has 3 rings (SSSR count). The molecule has 2 N–H and O–H groups in total. The minimum absolute atomic E-state index is 0.0659. The lowest BCUT2D eigenvalue weighted by Crippen LogP contribution is -2.36. The molecule has 1 unspecified atom stereocenters. The third-order valence-corrected chi connectivity index (χ3v) is 4.83. The van der Waals surface area contributed by atoms with Crippen LogP contribution in [0.25, 0.3) is 11.4 Å². The zero-order valence-corrected chi connectivity index (χ0v) is 12.2. The second-order valence-electron chi connectivity index (χ2n) is 4.92. The van der Waals surface area contributed by atoms with Gasteiger partial charge in [0.1, 0.15) is 4.90 Å². The predicted molar refractivity (Wildman–Crippen MR) is 79.1 cm³/mol. The summed E-state index contributed by atoms with van der Waals surface area (Å²) in [7, 11) is -3.56. The van der Waals surface area contributed by atoms with Crippen LogP contribution in [-0.2, 0) is 10.0 Å². The van der Waals surface area contributed by atoms with E-state index in [4.69, 9.17) is 0 Å². The van der Waals surface area contributed by atoms with E-state index in [0.29, 0.717) is 12.4 Å². The summed E-state index contributed by atoms with van der Waals surface area (Å²) in [5.41, 5.74) is 0.856. The van der Waals surface area contributed by atoms with Crippen LogP contribution in [0.5, 0.6) is 0 Å². The van der Waals surface area contributed by atoms with Crippen LogP contribution >= 0.6 is 0 Å². The molecule has 21 heavy (non-hydrogen) atoms. The molecule has 2 aromatic rings. The van der Waals surface area contributed by atoms with Gasteiger partial charge in [-0.25, -0.2) is 23.1 Å². The maximum absolute atomic E-state index is 12.2. The van der Waals surface area contributed by atoms with Crippen molar-refractivity contribution in [2.45, 2.75) is 17.4 Å². The molecule has 0 amide bonds. The van der Waals surface area contributed by atoms with Crippen molar-refractivity contribution in [3.8, 4) is 11.4 Å². The van der Waals surface area contributed by atoms with Gasteiger partial charge in [-0.3, -0.25) is 0 Å². The Labute approximate surface area is 123 Å². The van der Waals surface area contributed by atoms with Gasteiger partial charge in [0.2, 0.25) is 10.0 Å². The van der Waals surface area contributed by atoms with Gasteiger partial charge in [-0.05, 0) is 13.0 Å². The lowest BCUT2D eigenvalue weighted by molar-refractivity contribution is 0.559. The molecule has 110 valence electrons. The summed E-state index contributed by atoms with van der Waals surface area (Å²) in [6.07, 6.45) is 3.49. The molecule has 7 heteroatoms. The van der Waals surface area contributed by atoms with Crippen molar-refractivity contribution < 1.29 is 8.42 Å². The number of hydrogen-bond acceptors (Lipinski definition) is 5. The summed E-state index contributed by atoms with van der Waals surface area (Å²) in [5, 5.41) is 3.12. The molecule has 1 atom stereocenters. The van der Waals surface area contributed by atoms with Gasteiger partial charge in [-0.2, -0.15) is 0 Å². The predicted octanol–water partition coefficient (Wildman–Crippen LogP) is 0.784. The van der Waals surface area contributed by atoms with E-state index in [9.17, 15) is 8.42 Å². The SMILES string of the molecule is O=S(=O)(NC1CCNC1)c1cnc(-c2ccccc2)nc1. The molecule has 0 bridgehead atoms. The Balaban J connectivity index is 1.80. The number of aromatic nitrogens is 2. The Morgan fingerprint density at radius 1 is 1.14 bits per heavy atom. The highest BCUT2D eigenvalue weighted by Gasteiger charge is 2.23. The van der Waals surface area contributed by atoms with Crippen molar-refractivity contribution in [3.63, 3.8) is 0 Å². The molecule has 0 spiro atoms. The molecule has 6 nitrogen and oxygen atoms in total. The third kappa shape index (κ3) is 3.26. The van der Waals surface area contributed by atoms with E-state index in [2.05, 4.69) is 20.0 Å². The van der Waals surface area contributed by atoms with Crippen LogP contribution in [0, 0.1) is 0 Å². The smallest absolute Gasteiger partial charge is 0.243 e. The van der Waals surface area contributed by atoms with E-state index in [-0.39, 0.29) is 10.9 Å². The molecule has 0 radical (unpaired) electrons. The maximum atomic E-state index is 12.2. The Hall–Kier alpha value is -1.83. The fraction of sp³-hybridized carbons (Fsp3) is 0.286. The first-order valence-electron chi connectivity index (χ1n) is 6.76. The Morgan fingerprint density at radius 2 is 1.86 bits per heavy atom. The maximum Gasteiger partial charge on any atom is 0.243 e. The summed E-state index contributed by atoms with van der Waals surface area (Å²) in [4.78, 5) is 8.38. The number of nitrogens with zero attached hydrogens (tertiary/aromatic N) is 2. The molecule has 1 aromatic heterocycles. The number of rotatable bonds is 4. The van der Waals surface area contributed by atoms with Gasteiger partial charge in [-0.15, -0.1) is 0 Å². The van der Waals surface area contributed by atoms with Gasteiger partial charge in [-0.1, -0.05) is 30.3 Å². The van der Waals surface area contributed by atoms with E-state index >= 15 is 0 Å². The van der Waals surface area contributed by atoms with Gasteiger partial charge in [0.25, 0.3) is 0 Å². The molecular weight excluding hydrogens is 288 g/mol. The fourth-order valence-electron chi connectivity index (χ4n) is 2.23. The molecule has 1 saturated heterocycles. The van der Waals surface area contributed by atoms with Crippen LogP contribution < -0.4 is 10.0 Å². The number of benzene rings is 1. The van der Waals surface area contributed by atoms with E-state index in [1.165, 1.54) is 12.4 Å². The summed E-state index contributed by atoms with van der Waals surface area (Å²) in [6, 6.07) is 9.37. The average molecular weight is 304 g/mol. The summed E-state index contributed by atoms with van der Waals surface area (Å²) in [6.45, 7) is 1.48. The van der Waals surface area contributed by atoms with Gasteiger partial charge in [0.05, 0.1) is 12.4 Å². The first-order valence-corrected chi connectivity index (χ1v) is 8.24. The van der Waals surface area contributed by atoms with Crippen LogP contribution in [0.2, 0.25) is 0 Å². The quantitative estimate of drug-likeness (QED) is 0.872. The average Bonchev–Trinajstić information content (AvgIpc) is 3.00. The molecule has 2 heterocycles. The molecule has 1 aromatic carbocycles. The van der Waals surface area contributed by atoms with Crippen molar-refractivity contribution >= 4 is 10.0 Å². The lowest BCUT2D eigenvalue weighted by Gasteiger charge is -2.11. The van der Waals surface area contributed by atoms with E-state index < -0.39 is 10.0 Å². The minimum Gasteiger partial charge on any atom is -0.315 e. The topological polar surface area (TPSA) is 84.0 Å². The monoisotopic (exact) mass is 304 g/mol. The van der Waals surface area contributed by atoms with E-state index in [0.717, 1.165) is 18.5 Å². The highest BCUT2D eigenvalue weighted by atomic mass is 32.2. The van der Waals surface area contributed by atoms with Crippen LogP contribution in [0.4, 0.5) is 0 Å². The zero-order chi connectivity index (χ0) is 14.7. The van der Waals surface area contributed by atoms with E-state index in [1.807, 2.05) is 30.3 Å². The summed E-state index contributed by atoms with van der Waals surface area (Å²) in [5.74, 6) is 0.511. The Bertz CT molecular complexity index is 696. The molecule has 1 aliphatic rings. The second kappa shape index (κ2) is 5.88. The van der Waals surface area contributed by atoms with Crippen molar-refractivity contribution in [2.24, 2.45) is 0 Å². The highest BCUT2D eigenvalue weighted by molar-refractivity contribution is 7.89. The van der Waals surface area contributed by atoms with Crippen molar-refractivity contribution in [1.82, 2.24) is 20.0 Å². The number of nitrogens with one attached hydrogen (secondary N) is 2. The Kier molecular flexibility index (Phi) is 3.96. The molecule has 1 fully saturated rings. The normalized spacial score (nSPS) is 18.8. The third-order valence-electron chi connectivity index (χ3n) is 3.35. The number of hydrogen-bond donors (Lipinski definition) is 2. The van der Waals surface area contributed by atoms with Crippen molar-refractivity contribution in [2.75, 3.05) is 13.1 Å². The molecule has 1 aliphatic heterocycles. The van der Waals surface area contributed by atoms with Gasteiger partial charge >= 0.3 is 0 Å². The van der Waals surface area contributed by atoms with Crippen LogP contribution in [0.15, 0.2) is 47.6 Å². The van der Waals surface area contributed by atoms with Crippen LogP contribution in [0.1, 0.15) is 6.42 Å². The minimum atomic E-state index is -3.56. The van der Waals surface area contributed by atoms with Gasteiger partial charge < -0.3 is 5.32 Å². The Morgan fingerprint density at radius 3 is 2.48 bits per heavy atom. The van der Waals surface area contributed by atoms with Crippen LogP contribution in [0.3, 0.4) is 0 Å². The zero-order valence-electron chi connectivity index (χ0n) is 11.4. The first kappa shape index (κ1) is 14.1. The molecule has 0 aliphatic carbocycles. The van der Waals surface area contributed by atoms with Gasteiger partial charge in [0.15, 0.2) is 5.82 Å². The van der Waals surface area contributed by atoms with Crippen molar-refractivity contribution in [3.05, 3.63) is 42.7 Å². The molecular formula is C14H16N4O2S. The standard InChI is InChI=1S/C14H16N4O2S/c19-21(20,18-12-6-7-15-8-12)13-9-16-14(17-10-13)11-4-2-1-3-5-11/h1-5,9-10,12,15,18H,6-8H2. The number of sulfonamides is 1. The van der Waals surface area contributed by atoms with Crippen LogP contribution in [-0.4, -0.2) is 37.5 Å². The first-order chi connectivity index (χ1) is 10.1. The lowest BCUT2D eigenvalue weighted by atomic mass is 10.2. The van der Waals surface area contributed by atoms with E-state index in [1.54, 1.807) is 0 Å². The second-order valence-corrected chi connectivity index (χ2v) is 6.63. The highest BCUT2D eigenvalue weighted by Crippen LogP contribution is 2.15. The van der Waals surface area contributed by atoms with Crippen molar-refractivity contribution in [1.29, 1.82) is 0 Å². The summed E-state index contributed by atoms with van der Waals surface area (Å²) < 4.78 is 27.1. The largest absolute Gasteiger partial charge is 0.315 e. The summed E-state index contributed by atoms with van der Waals surface area (Å²) >= 11 is 0. The van der Waals surface area contributed by atoms with Gasteiger partial charge in [0, 0.05) is 18.2 Å².